The van der Waals surface area contributed by atoms with Crippen LogP contribution in [0.5, 0.6) is 5.88 Å². The van der Waals surface area contributed by atoms with Crippen molar-refractivity contribution in [2.24, 2.45) is 0 Å². The minimum atomic E-state index is 0.382. The maximum absolute atomic E-state index is 5.31. The van der Waals surface area contributed by atoms with E-state index in [-0.39, 0.29) is 0 Å². The van der Waals surface area contributed by atoms with Gasteiger partial charge < -0.3 is 15.0 Å². The van der Waals surface area contributed by atoms with Crippen molar-refractivity contribution in [3.05, 3.63) is 29.8 Å². The molecule has 0 spiro atoms. The zero-order valence-electron chi connectivity index (χ0n) is 13.8. The van der Waals surface area contributed by atoms with Gasteiger partial charge in [-0.3, -0.25) is 0 Å². The smallest absolute Gasteiger partial charge is 0.225 e. The lowest BCUT2D eigenvalue weighted by atomic mass is 10.1. The van der Waals surface area contributed by atoms with Crippen molar-refractivity contribution in [1.29, 1.82) is 0 Å². The number of rotatable bonds is 4. The molecule has 1 N–H and O–H groups in total. The third-order valence-corrected chi connectivity index (χ3v) is 4.08. The summed E-state index contributed by atoms with van der Waals surface area (Å²) in [6, 6.07) is 2.22. The van der Waals surface area contributed by atoms with Gasteiger partial charge in [-0.15, -0.1) is 0 Å². The van der Waals surface area contributed by atoms with Crippen LogP contribution < -0.4 is 15.0 Å². The fourth-order valence-electron chi connectivity index (χ4n) is 2.81. The Morgan fingerprint density at radius 1 is 1.13 bits per heavy atom. The van der Waals surface area contributed by atoms with E-state index in [9.17, 15) is 0 Å². The minimum absolute atomic E-state index is 0.382. The van der Waals surface area contributed by atoms with Crippen LogP contribution in [0.3, 0.4) is 0 Å². The van der Waals surface area contributed by atoms with Gasteiger partial charge in [0.05, 0.1) is 12.7 Å². The normalized spacial score (nSPS) is 15.5. The topological polar surface area (TPSA) is 76.1 Å². The molecule has 0 unspecified atom stereocenters. The van der Waals surface area contributed by atoms with E-state index >= 15 is 0 Å². The molecule has 0 saturated carbocycles. The van der Waals surface area contributed by atoms with Crippen molar-refractivity contribution in [2.75, 3.05) is 30.4 Å². The highest BCUT2D eigenvalue weighted by Gasteiger charge is 2.22. The molecular formula is C16H22N6O. The summed E-state index contributed by atoms with van der Waals surface area (Å²) in [5, 5.41) is 3.54. The van der Waals surface area contributed by atoms with Crippen LogP contribution in [0.25, 0.3) is 0 Å². The summed E-state index contributed by atoms with van der Waals surface area (Å²) in [5.41, 5.74) is 0.951. The number of aryl methyl sites for hydroxylation is 1. The Morgan fingerprint density at radius 3 is 2.48 bits per heavy atom. The first-order chi connectivity index (χ1) is 11.2. The molecule has 3 rings (SSSR count). The molecule has 7 heteroatoms. The van der Waals surface area contributed by atoms with E-state index in [0.29, 0.717) is 17.7 Å². The van der Waals surface area contributed by atoms with Gasteiger partial charge in [-0.25, -0.2) is 15.0 Å². The van der Waals surface area contributed by atoms with E-state index in [1.54, 1.807) is 19.5 Å². The zero-order chi connectivity index (χ0) is 16.2. The van der Waals surface area contributed by atoms with Crippen LogP contribution in [-0.2, 0) is 0 Å². The maximum Gasteiger partial charge on any atom is 0.225 e. The first-order valence-corrected chi connectivity index (χ1v) is 7.85. The SMILES string of the molecule is COc1nc(C)nc(NC2CCN(c3ncccn3)CC2)c1C. The standard InChI is InChI=1S/C16H22N6O/c1-11-14(19-12(2)20-15(11)23-3)21-13-5-9-22(10-6-13)16-17-7-4-8-18-16/h4,7-8,13H,5-6,9-10H2,1-3H3,(H,19,20,21). The second kappa shape index (κ2) is 6.76. The van der Waals surface area contributed by atoms with E-state index in [4.69, 9.17) is 4.74 Å². The predicted octanol–water partition coefficient (Wildman–Crippen LogP) is 1.97. The second-order valence-electron chi connectivity index (χ2n) is 5.71. The number of ether oxygens (including phenoxy) is 1. The van der Waals surface area contributed by atoms with Crippen molar-refractivity contribution in [1.82, 2.24) is 19.9 Å². The van der Waals surface area contributed by atoms with Crippen LogP contribution in [0, 0.1) is 13.8 Å². The van der Waals surface area contributed by atoms with Crippen LogP contribution in [0.1, 0.15) is 24.2 Å². The van der Waals surface area contributed by atoms with E-state index in [1.165, 1.54) is 0 Å². The van der Waals surface area contributed by atoms with Gasteiger partial charge >= 0.3 is 0 Å². The summed E-state index contributed by atoms with van der Waals surface area (Å²) >= 11 is 0. The molecular weight excluding hydrogens is 292 g/mol. The molecule has 23 heavy (non-hydrogen) atoms. The average molecular weight is 314 g/mol. The Labute approximate surface area is 136 Å². The van der Waals surface area contributed by atoms with E-state index in [1.807, 2.05) is 19.9 Å². The molecule has 3 heterocycles. The lowest BCUT2D eigenvalue weighted by molar-refractivity contribution is 0.392. The maximum atomic E-state index is 5.31. The monoisotopic (exact) mass is 314 g/mol. The number of nitrogens with one attached hydrogen (secondary N) is 1. The lowest BCUT2D eigenvalue weighted by Crippen LogP contribution is -2.40. The molecule has 122 valence electrons. The van der Waals surface area contributed by atoms with Crippen molar-refractivity contribution < 1.29 is 4.74 Å². The molecule has 1 aliphatic rings. The summed E-state index contributed by atoms with van der Waals surface area (Å²) in [6.07, 6.45) is 5.60. The van der Waals surface area contributed by atoms with E-state index in [0.717, 1.165) is 43.3 Å². The number of hydrogen-bond donors (Lipinski definition) is 1. The van der Waals surface area contributed by atoms with Gasteiger partial charge in [0.25, 0.3) is 0 Å². The fraction of sp³-hybridized carbons (Fsp3) is 0.500. The van der Waals surface area contributed by atoms with Gasteiger partial charge in [0.2, 0.25) is 11.8 Å². The molecule has 1 fully saturated rings. The highest BCUT2D eigenvalue weighted by molar-refractivity contribution is 5.49. The second-order valence-corrected chi connectivity index (χ2v) is 5.71. The number of nitrogens with zero attached hydrogens (tertiary/aromatic N) is 5. The Bertz CT molecular complexity index is 655. The molecule has 0 atom stereocenters. The zero-order valence-corrected chi connectivity index (χ0v) is 13.8. The van der Waals surface area contributed by atoms with Crippen LogP contribution in [0.4, 0.5) is 11.8 Å². The molecule has 0 aliphatic carbocycles. The fourth-order valence-corrected chi connectivity index (χ4v) is 2.81. The van der Waals surface area contributed by atoms with Gasteiger partial charge in [-0.1, -0.05) is 0 Å². The number of piperidine rings is 1. The van der Waals surface area contributed by atoms with Gasteiger partial charge in [-0.2, -0.15) is 4.98 Å². The molecule has 0 amide bonds. The molecule has 2 aromatic rings. The van der Waals surface area contributed by atoms with Gasteiger partial charge in [0.1, 0.15) is 11.6 Å². The predicted molar refractivity (Wildman–Crippen MR) is 88.9 cm³/mol. The van der Waals surface area contributed by atoms with Gasteiger partial charge in [-0.05, 0) is 32.8 Å². The van der Waals surface area contributed by atoms with Crippen LogP contribution >= 0.6 is 0 Å². The highest BCUT2D eigenvalue weighted by Crippen LogP contribution is 2.24. The summed E-state index contributed by atoms with van der Waals surface area (Å²) in [6.45, 7) is 5.72. The Balaban J connectivity index is 1.64. The average Bonchev–Trinajstić information content (AvgIpc) is 2.59. The van der Waals surface area contributed by atoms with E-state index in [2.05, 4.69) is 30.2 Å². The summed E-state index contributed by atoms with van der Waals surface area (Å²) in [4.78, 5) is 19.7. The highest BCUT2D eigenvalue weighted by atomic mass is 16.5. The number of methoxy groups -OCH3 is 1. The number of aromatic nitrogens is 4. The molecule has 0 aromatic carbocycles. The molecule has 2 aromatic heterocycles. The molecule has 0 bridgehead atoms. The number of anilines is 2. The number of hydrogen-bond acceptors (Lipinski definition) is 7. The summed E-state index contributed by atoms with van der Waals surface area (Å²) < 4.78 is 5.31. The largest absolute Gasteiger partial charge is 0.481 e. The molecule has 0 radical (unpaired) electrons. The Hall–Kier alpha value is -2.44. The first kappa shape index (κ1) is 15.5. The Kier molecular flexibility index (Phi) is 4.55. The van der Waals surface area contributed by atoms with Crippen molar-refractivity contribution in [2.45, 2.75) is 32.7 Å². The first-order valence-electron chi connectivity index (χ1n) is 7.85. The molecule has 7 nitrogen and oxygen atoms in total. The Morgan fingerprint density at radius 2 is 1.83 bits per heavy atom. The molecule has 1 saturated heterocycles. The van der Waals surface area contributed by atoms with Crippen molar-refractivity contribution >= 4 is 11.8 Å². The van der Waals surface area contributed by atoms with E-state index < -0.39 is 0 Å². The molecule has 1 aliphatic heterocycles. The summed E-state index contributed by atoms with van der Waals surface area (Å²) in [7, 11) is 1.64. The van der Waals surface area contributed by atoms with Gasteiger partial charge in [0, 0.05) is 31.5 Å². The summed E-state index contributed by atoms with van der Waals surface area (Å²) in [5.74, 6) is 3.02. The van der Waals surface area contributed by atoms with Crippen LogP contribution in [-0.4, -0.2) is 46.2 Å². The third-order valence-electron chi connectivity index (χ3n) is 4.08. The lowest BCUT2D eigenvalue weighted by Gasteiger charge is -2.32. The van der Waals surface area contributed by atoms with Gasteiger partial charge in [0.15, 0.2) is 0 Å². The van der Waals surface area contributed by atoms with Crippen LogP contribution in [0.15, 0.2) is 18.5 Å². The van der Waals surface area contributed by atoms with Crippen molar-refractivity contribution in [3.63, 3.8) is 0 Å². The third kappa shape index (κ3) is 3.49. The quantitative estimate of drug-likeness (QED) is 0.924. The minimum Gasteiger partial charge on any atom is -0.481 e. The van der Waals surface area contributed by atoms with Crippen LogP contribution in [0.2, 0.25) is 0 Å². The van der Waals surface area contributed by atoms with Crippen molar-refractivity contribution in [3.8, 4) is 5.88 Å².